The maximum atomic E-state index is 11.9. The van der Waals surface area contributed by atoms with Gasteiger partial charge in [-0.15, -0.1) is 18.3 Å². The number of nitrogens with one attached hydrogen (secondary N) is 3. The Morgan fingerprint density at radius 1 is 0.958 bits per heavy atom. The minimum atomic E-state index is -0.300. The zero-order chi connectivity index (χ0) is 17.2. The van der Waals surface area contributed by atoms with Crippen LogP contribution in [0, 0.1) is 0 Å². The van der Waals surface area contributed by atoms with E-state index in [1.54, 1.807) is 30.3 Å². The Morgan fingerprint density at radius 2 is 1.58 bits per heavy atom. The van der Waals surface area contributed by atoms with Crippen molar-refractivity contribution in [3.8, 4) is 0 Å². The SMILES string of the molecule is C=CCNC(=O)Nc1ccc(NC(=O)CSc2ccccc2)cc1. The fourth-order valence-corrected chi connectivity index (χ4v) is 2.56. The van der Waals surface area contributed by atoms with Crippen LogP contribution < -0.4 is 16.0 Å². The molecule has 3 amide bonds. The largest absolute Gasteiger partial charge is 0.334 e. The van der Waals surface area contributed by atoms with Gasteiger partial charge in [0.25, 0.3) is 0 Å². The Bertz CT molecular complexity index is 687. The van der Waals surface area contributed by atoms with E-state index in [1.165, 1.54) is 11.8 Å². The summed E-state index contributed by atoms with van der Waals surface area (Å²) >= 11 is 1.48. The molecule has 3 N–H and O–H groups in total. The molecule has 0 atom stereocenters. The number of thioether (sulfide) groups is 1. The number of anilines is 2. The lowest BCUT2D eigenvalue weighted by Crippen LogP contribution is -2.28. The van der Waals surface area contributed by atoms with E-state index in [0.717, 1.165) is 4.90 Å². The molecule has 0 saturated carbocycles. The fourth-order valence-electron chi connectivity index (χ4n) is 1.84. The Hall–Kier alpha value is -2.73. The molecule has 0 aliphatic rings. The Balaban J connectivity index is 1.79. The lowest BCUT2D eigenvalue weighted by Gasteiger charge is -2.08. The lowest BCUT2D eigenvalue weighted by atomic mass is 10.3. The molecule has 124 valence electrons. The predicted molar refractivity (Wildman–Crippen MR) is 99.5 cm³/mol. The third-order valence-corrected chi connectivity index (χ3v) is 3.96. The molecule has 0 bridgehead atoms. The van der Waals surface area contributed by atoms with Crippen LogP contribution in [0.15, 0.2) is 72.1 Å². The van der Waals surface area contributed by atoms with Crippen molar-refractivity contribution in [2.75, 3.05) is 22.9 Å². The van der Waals surface area contributed by atoms with Gasteiger partial charge in [-0.05, 0) is 36.4 Å². The molecule has 2 aromatic carbocycles. The van der Waals surface area contributed by atoms with E-state index in [9.17, 15) is 9.59 Å². The van der Waals surface area contributed by atoms with E-state index in [1.807, 2.05) is 30.3 Å². The van der Waals surface area contributed by atoms with Gasteiger partial charge in [0.15, 0.2) is 0 Å². The molecule has 0 radical (unpaired) electrons. The van der Waals surface area contributed by atoms with Crippen LogP contribution in [0.25, 0.3) is 0 Å². The highest BCUT2D eigenvalue weighted by Crippen LogP contribution is 2.18. The van der Waals surface area contributed by atoms with Gasteiger partial charge in [0, 0.05) is 22.8 Å². The second-order valence-electron chi connectivity index (χ2n) is 4.85. The van der Waals surface area contributed by atoms with E-state index in [4.69, 9.17) is 0 Å². The highest BCUT2D eigenvalue weighted by molar-refractivity contribution is 8.00. The fraction of sp³-hybridized carbons (Fsp3) is 0.111. The van der Waals surface area contributed by atoms with Crippen LogP contribution in [-0.4, -0.2) is 24.2 Å². The minimum absolute atomic E-state index is 0.0757. The summed E-state index contributed by atoms with van der Waals surface area (Å²) in [7, 11) is 0. The van der Waals surface area contributed by atoms with Gasteiger partial charge in [-0.25, -0.2) is 4.79 Å². The molecular weight excluding hydrogens is 322 g/mol. The maximum Gasteiger partial charge on any atom is 0.319 e. The molecule has 0 fully saturated rings. The van der Waals surface area contributed by atoms with Gasteiger partial charge >= 0.3 is 6.03 Å². The Morgan fingerprint density at radius 3 is 2.21 bits per heavy atom. The standard InChI is InChI=1S/C18H19N3O2S/c1-2-12-19-18(23)21-15-10-8-14(9-11-15)20-17(22)13-24-16-6-4-3-5-7-16/h2-11H,1,12-13H2,(H,20,22)(H2,19,21,23). The van der Waals surface area contributed by atoms with Crippen molar-refractivity contribution in [1.29, 1.82) is 0 Å². The molecular formula is C18H19N3O2S. The van der Waals surface area contributed by atoms with Gasteiger partial charge < -0.3 is 16.0 Å². The molecule has 24 heavy (non-hydrogen) atoms. The van der Waals surface area contributed by atoms with Gasteiger partial charge in [0.1, 0.15) is 0 Å². The highest BCUT2D eigenvalue weighted by Gasteiger charge is 2.04. The van der Waals surface area contributed by atoms with Gasteiger partial charge in [-0.3, -0.25) is 4.79 Å². The van der Waals surface area contributed by atoms with Crippen molar-refractivity contribution >= 4 is 35.1 Å². The number of rotatable bonds is 7. The van der Waals surface area contributed by atoms with Crippen molar-refractivity contribution < 1.29 is 9.59 Å². The average Bonchev–Trinajstić information content (AvgIpc) is 2.61. The molecule has 0 unspecified atom stereocenters. The number of urea groups is 1. The molecule has 0 spiro atoms. The summed E-state index contributed by atoms with van der Waals surface area (Å²) in [5.74, 6) is 0.266. The van der Waals surface area contributed by atoms with E-state index < -0.39 is 0 Å². The van der Waals surface area contributed by atoms with E-state index in [0.29, 0.717) is 23.7 Å². The first-order valence-corrected chi connectivity index (χ1v) is 8.39. The Labute approximate surface area is 145 Å². The van der Waals surface area contributed by atoms with Crippen LogP contribution in [-0.2, 0) is 4.79 Å². The van der Waals surface area contributed by atoms with Gasteiger partial charge in [-0.1, -0.05) is 24.3 Å². The van der Waals surface area contributed by atoms with Gasteiger partial charge in [0.05, 0.1) is 5.75 Å². The van der Waals surface area contributed by atoms with Gasteiger partial charge in [0.2, 0.25) is 5.91 Å². The molecule has 0 aliphatic carbocycles. The normalized spacial score (nSPS) is 9.83. The summed E-state index contributed by atoms with van der Waals surface area (Å²) in [5, 5.41) is 8.13. The van der Waals surface area contributed by atoms with Crippen LogP contribution in [0.1, 0.15) is 0 Å². The number of amides is 3. The molecule has 0 aliphatic heterocycles. The van der Waals surface area contributed by atoms with Crippen LogP contribution in [0.4, 0.5) is 16.2 Å². The topological polar surface area (TPSA) is 70.2 Å². The van der Waals surface area contributed by atoms with Crippen LogP contribution in [0.2, 0.25) is 0 Å². The third-order valence-electron chi connectivity index (χ3n) is 2.95. The summed E-state index contributed by atoms with van der Waals surface area (Å²) < 4.78 is 0. The molecule has 2 rings (SSSR count). The molecule has 2 aromatic rings. The minimum Gasteiger partial charge on any atom is -0.334 e. The number of carbonyl (C=O) groups is 2. The van der Waals surface area contributed by atoms with Crippen molar-refractivity contribution in [1.82, 2.24) is 5.32 Å². The second-order valence-corrected chi connectivity index (χ2v) is 5.90. The van der Waals surface area contributed by atoms with E-state index in [-0.39, 0.29) is 11.9 Å². The lowest BCUT2D eigenvalue weighted by molar-refractivity contribution is -0.113. The molecule has 0 heterocycles. The second kappa shape index (κ2) is 9.42. The molecule has 5 nitrogen and oxygen atoms in total. The van der Waals surface area contributed by atoms with Gasteiger partial charge in [-0.2, -0.15) is 0 Å². The summed E-state index contributed by atoms with van der Waals surface area (Å²) in [4.78, 5) is 24.5. The van der Waals surface area contributed by atoms with Crippen LogP contribution >= 0.6 is 11.8 Å². The summed E-state index contributed by atoms with van der Waals surface area (Å²) in [5.41, 5.74) is 1.33. The van der Waals surface area contributed by atoms with E-state index in [2.05, 4.69) is 22.5 Å². The van der Waals surface area contributed by atoms with Crippen molar-refractivity contribution in [3.63, 3.8) is 0 Å². The van der Waals surface area contributed by atoms with Crippen molar-refractivity contribution in [2.45, 2.75) is 4.90 Å². The summed E-state index contributed by atoms with van der Waals surface area (Å²) in [6, 6.07) is 16.4. The zero-order valence-electron chi connectivity index (χ0n) is 13.1. The summed E-state index contributed by atoms with van der Waals surface area (Å²) in [6.07, 6.45) is 1.60. The quantitative estimate of drug-likeness (QED) is 0.531. The first kappa shape index (κ1) is 17.6. The molecule has 6 heteroatoms. The summed E-state index contributed by atoms with van der Waals surface area (Å²) in [6.45, 7) is 3.93. The average molecular weight is 341 g/mol. The first-order chi connectivity index (χ1) is 11.7. The highest BCUT2D eigenvalue weighted by atomic mass is 32.2. The number of hydrogen-bond donors (Lipinski definition) is 3. The number of carbonyl (C=O) groups excluding carboxylic acids is 2. The van der Waals surface area contributed by atoms with Crippen molar-refractivity contribution in [3.05, 3.63) is 67.3 Å². The van der Waals surface area contributed by atoms with E-state index >= 15 is 0 Å². The Kier molecular flexibility index (Phi) is 6.91. The zero-order valence-corrected chi connectivity index (χ0v) is 13.9. The van der Waals surface area contributed by atoms with Crippen LogP contribution in [0.3, 0.4) is 0 Å². The number of benzene rings is 2. The number of hydrogen-bond acceptors (Lipinski definition) is 3. The first-order valence-electron chi connectivity index (χ1n) is 7.41. The maximum absolute atomic E-state index is 11.9. The van der Waals surface area contributed by atoms with Crippen molar-refractivity contribution in [2.24, 2.45) is 0 Å². The molecule has 0 saturated heterocycles. The van der Waals surface area contributed by atoms with Crippen LogP contribution in [0.5, 0.6) is 0 Å². The molecule has 0 aromatic heterocycles. The monoisotopic (exact) mass is 341 g/mol. The predicted octanol–water partition coefficient (Wildman–Crippen LogP) is 3.72. The smallest absolute Gasteiger partial charge is 0.319 e. The third kappa shape index (κ3) is 6.18.